The Hall–Kier alpha value is -4.59. The lowest BCUT2D eigenvalue weighted by Gasteiger charge is -2.22. The number of hydrogen-bond acceptors (Lipinski definition) is 5. The minimum Gasteiger partial charge on any atom is -0.495 e. The van der Waals surface area contributed by atoms with Crippen LogP contribution in [0.2, 0.25) is 0 Å². The topological polar surface area (TPSA) is 97.0 Å². The lowest BCUT2D eigenvalue weighted by Crippen LogP contribution is -2.35. The quantitative estimate of drug-likeness (QED) is 0.395. The third-order valence-electron chi connectivity index (χ3n) is 6.36. The molecule has 1 heterocycles. The molecule has 1 unspecified atom stereocenters. The maximum absolute atomic E-state index is 13.2. The number of anilines is 2. The summed E-state index contributed by atoms with van der Waals surface area (Å²) in [7, 11) is 2.88. The van der Waals surface area contributed by atoms with Crippen molar-refractivity contribution in [3.63, 3.8) is 0 Å². The van der Waals surface area contributed by atoms with Crippen LogP contribution in [0, 0.1) is 0 Å². The van der Waals surface area contributed by atoms with Crippen molar-refractivity contribution in [1.82, 2.24) is 4.90 Å². The standard InChI is InChI=1S/C30H31N3O5/c1-37-27-19-22(13-17-26(27)32-30(36)31-24-7-4-3-5-8-24)20-28(34)33-18-6-9-25(33)16-12-21-10-14-23(15-11-21)29(35)38-2/h3-5,7-8,10-17,19,25H,6,9,18,20H2,1-2H3,(H2,31,32,36). The molecule has 1 saturated heterocycles. The van der Waals surface area contributed by atoms with Crippen molar-refractivity contribution in [2.24, 2.45) is 0 Å². The van der Waals surface area contributed by atoms with Crippen LogP contribution in [0.3, 0.4) is 0 Å². The Bertz CT molecular complexity index is 1310. The molecule has 0 aromatic heterocycles. The van der Waals surface area contributed by atoms with E-state index in [4.69, 9.17) is 9.47 Å². The first kappa shape index (κ1) is 26.5. The maximum atomic E-state index is 13.2. The van der Waals surface area contributed by atoms with E-state index in [1.165, 1.54) is 14.2 Å². The van der Waals surface area contributed by atoms with E-state index in [-0.39, 0.29) is 30.4 Å². The summed E-state index contributed by atoms with van der Waals surface area (Å²) in [6, 6.07) is 21.3. The van der Waals surface area contributed by atoms with Crippen LogP contribution < -0.4 is 15.4 Å². The van der Waals surface area contributed by atoms with E-state index in [0.29, 0.717) is 29.2 Å². The van der Waals surface area contributed by atoms with Crippen molar-refractivity contribution in [2.75, 3.05) is 31.4 Å². The van der Waals surface area contributed by atoms with Crippen molar-refractivity contribution in [3.8, 4) is 5.75 Å². The molecule has 3 aromatic carbocycles. The van der Waals surface area contributed by atoms with Gasteiger partial charge in [-0.2, -0.15) is 0 Å². The van der Waals surface area contributed by atoms with Crippen LogP contribution in [-0.4, -0.2) is 49.6 Å². The molecule has 0 bridgehead atoms. The van der Waals surface area contributed by atoms with Gasteiger partial charge < -0.3 is 25.0 Å². The number of carbonyl (C=O) groups is 3. The lowest BCUT2D eigenvalue weighted by atomic mass is 10.1. The fourth-order valence-electron chi connectivity index (χ4n) is 4.40. The smallest absolute Gasteiger partial charge is 0.337 e. The second-order valence-corrected chi connectivity index (χ2v) is 8.93. The molecule has 38 heavy (non-hydrogen) atoms. The fraction of sp³-hybridized carbons (Fsp3) is 0.233. The van der Waals surface area contributed by atoms with Crippen molar-refractivity contribution in [3.05, 3.63) is 95.6 Å². The zero-order chi connectivity index (χ0) is 26.9. The number of nitrogens with zero attached hydrogens (tertiary/aromatic N) is 1. The number of hydrogen-bond donors (Lipinski definition) is 2. The summed E-state index contributed by atoms with van der Waals surface area (Å²) in [6.07, 6.45) is 6.07. The number of benzene rings is 3. The van der Waals surface area contributed by atoms with Crippen molar-refractivity contribution in [2.45, 2.75) is 25.3 Å². The molecule has 1 fully saturated rings. The van der Waals surface area contributed by atoms with Crippen LogP contribution in [0.15, 0.2) is 78.9 Å². The highest BCUT2D eigenvalue weighted by Gasteiger charge is 2.27. The van der Waals surface area contributed by atoms with Crippen LogP contribution in [0.1, 0.15) is 34.3 Å². The van der Waals surface area contributed by atoms with Gasteiger partial charge in [-0.1, -0.05) is 48.6 Å². The minimum atomic E-state index is -0.384. The second-order valence-electron chi connectivity index (χ2n) is 8.93. The third-order valence-corrected chi connectivity index (χ3v) is 6.36. The number of esters is 1. The Labute approximate surface area is 222 Å². The van der Waals surface area contributed by atoms with Gasteiger partial charge in [-0.25, -0.2) is 9.59 Å². The van der Waals surface area contributed by atoms with Crippen molar-refractivity contribution in [1.29, 1.82) is 0 Å². The third kappa shape index (κ3) is 6.79. The summed E-state index contributed by atoms with van der Waals surface area (Å²) < 4.78 is 10.2. The number of likely N-dealkylation sites (tertiary alicyclic amines) is 1. The number of amides is 3. The largest absolute Gasteiger partial charge is 0.495 e. The van der Waals surface area contributed by atoms with Crippen LogP contribution >= 0.6 is 0 Å². The Morgan fingerprint density at radius 2 is 1.74 bits per heavy atom. The zero-order valence-electron chi connectivity index (χ0n) is 21.5. The molecule has 0 radical (unpaired) electrons. The van der Waals surface area contributed by atoms with Gasteiger partial charge in [0.05, 0.1) is 37.9 Å². The average Bonchev–Trinajstić information content (AvgIpc) is 3.42. The number of para-hydroxylation sites is 1. The number of ether oxygens (including phenoxy) is 2. The Morgan fingerprint density at radius 3 is 2.45 bits per heavy atom. The fourth-order valence-corrected chi connectivity index (χ4v) is 4.40. The van der Waals surface area contributed by atoms with Gasteiger partial charge in [0, 0.05) is 12.2 Å². The highest BCUT2D eigenvalue weighted by molar-refractivity contribution is 6.00. The Kier molecular flexibility index (Phi) is 8.77. The van der Waals surface area contributed by atoms with Gasteiger partial charge in [-0.15, -0.1) is 0 Å². The van der Waals surface area contributed by atoms with Gasteiger partial charge in [-0.05, 0) is 60.4 Å². The predicted molar refractivity (Wildman–Crippen MR) is 147 cm³/mol. The maximum Gasteiger partial charge on any atom is 0.337 e. The molecule has 0 saturated carbocycles. The summed E-state index contributed by atoms with van der Waals surface area (Å²) in [4.78, 5) is 39.1. The number of urea groups is 1. The van der Waals surface area contributed by atoms with Crippen LogP contribution in [0.25, 0.3) is 6.08 Å². The Balaban J connectivity index is 1.37. The molecule has 1 atom stereocenters. The van der Waals surface area contributed by atoms with Gasteiger partial charge >= 0.3 is 12.0 Å². The SMILES string of the molecule is COC(=O)c1ccc(C=CC2CCCN2C(=O)Cc2ccc(NC(=O)Nc3ccccc3)c(OC)c2)cc1. The molecule has 1 aliphatic heterocycles. The van der Waals surface area contributed by atoms with E-state index < -0.39 is 0 Å². The van der Waals surface area contributed by atoms with Crippen molar-refractivity contribution < 1.29 is 23.9 Å². The number of nitrogens with one attached hydrogen (secondary N) is 2. The minimum absolute atomic E-state index is 0.00676. The van der Waals surface area contributed by atoms with E-state index in [1.807, 2.05) is 53.5 Å². The van der Waals surface area contributed by atoms with Crippen LogP contribution in [0.4, 0.5) is 16.2 Å². The molecule has 196 valence electrons. The summed E-state index contributed by atoms with van der Waals surface area (Å²) in [6.45, 7) is 0.700. The number of methoxy groups -OCH3 is 2. The molecule has 1 aliphatic rings. The molecule has 2 N–H and O–H groups in total. The van der Waals surface area contributed by atoms with E-state index in [9.17, 15) is 14.4 Å². The lowest BCUT2D eigenvalue weighted by molar-refractivity contribution is -0.130. The van der Waals surface area contributed by atoms with E-state index in [2.05, 4.69) is 10.6 Å². The molecule has 3 aromatic rings. The first-order chi connectivity index (χ1) is 18.5. The van der Waals surface area contributed by atoms with Gasteiger partial charge in [0.25, 0.3) is 0 Å². The van der Waals surface area contributed by atoms with Gasteiger partial charge in [0.2, 0.25) is 5.91 Å². The zero-order valence-corrected chi connectivity index (χ0v) is 21.5. The molecule has 8 heteroatoms. The van der Waals surface area contributed by atoms with E-state index in [0.717, 1.165) is 24.0 Å². The molecule has 3 amide bonds. The normalized spacial score (nSPS) is 14.8. The molecular formula is C30H31N3O5. The molecule has 4 rings (SSSR count). The summed E-state index contributed by atoms with van der Waals surface area (Å²) in [5, 5.41) is 5.56. The molecule has 0 spiro atoms. The monoisotopic (exact) mass is 513 g/mol. The first-order valence-corrected chi connectivity index (χ1v) is 12.4. The summed E-state index contributed by atoms with van der Waals surface area (Å²) in [5.74, 6) is 0.138. The molecule has 0 aliphatic carbocycles. The molecule has 8 nitrogen and oxygen atoms in total. The van der Waals surface area contributed by atoms with E-state index in [1.54, 1.807) is 36.4 Å². The summed E-state index contributed by atoms with van der Waals surface area (Å²) >= 11 is 0. The summed E-state index contributed by atoms with van der Waals surface area (Å²) in [5.41, 5.74) is 3.43. The number of carbonyl (C=O) groups excluding carboxylic acids is 3. The van der Waals surface area contributed by atoms with Crippen LogP contribution in [-0.2, 0) is 16.0 Å². The van der Waals surface area contributed by atoms with E-state index >= 15 is 0 Å². The Morgan fingerprint density at radius 1 is 0.974 bits per heavy atom. The van der Waals surface area contributed by atoms with Crippen molar-refractivity contribution >= 4 is 35.4 Å². The van der Waals surface area contributed by atoms with Crippen LogP contribution in [0.5, 0.6) is 5.75 Å². The number of rotatable bonds is 8. The van der Waals surface area contributed by atoms with Gasteiger partial charge in [0.1, 0.15) is 5.75 Å². The van der Waals surface area contributed by atoms with Gasteiger partial charge in [-0.3, -0.25) is 4.79 Å². The first-order valence-electron chi connectivity index (χ1n) is 12.4. The predicted octanol–water partition coefficient (Wildman–Crippen LogP) is 5.37. The second kappa shape index (κ2) is 12.6. The average molecular weight is 514 g/mol. The highest BCUT2D eigenvalue weighted by atomic mass is 16.5. The molecular weight excluding hydrogens is 482 g/mol. The van der Waals surface area contributed by atoms with Gasteiger partial charge in [0.15, 0.2) is 0 Å². The highest BCUT2D eigenvalue weighted by Crippen LogP contribution is 2.27.